The molecule has 0 aromatic carbocycles. The summed E-state index contributed by atoms with van der Waals surface area (Å²) in [5.74, 6) is -1.63. The van der Waals surface area contributed by atoms with Gasteiger partial charge in [0.05, 0.1) is 40.8 Å². The number of esters is 2. The lowest BCUT2D eigenvalue weighted by Crippen LogP contribution is -2.50. The maximum Gasteiger partial charge on any atom is 0.362 e. The predicted molar refractivity (Wildman–Crippen MR) is 220 cm³/mol. The first-order chi connectivity index (χ1) is 25.6. The van der Waals surface area contributed by atoms with Gasteiger partial charge in [-0.3, -0.25) is 9.59 Å². The van der Waals surface area contributed by atoms with Gasteiger partial charge in [-0.1, -0.05) is 138 Å². The van der Waals surface area contributed by atoms with E-state index in [2.05, 4.69) is 74.6 Å². The van der Waals surface area contributed by atoms with Crippen molar-refractivity contribution in [1.82, 2.24) is 0 Å². The van der Waals surface area contributed by atoms with Crippen molar-refractivity contribution in [1.29, 1.82) is 0 Å². The molecule has 0 bridgehead atoms. The number of likely N-dealkylation sites (N-methyl/N-ethyl adjacent to an activating group) is 1. The van der Waals surface area contributed by atoms with E-state index in [0.29, 0.717) is 12.8 Å². The number of hydrogen-bond donors (Lipinski definition) is 1. The zero-order valence-corrected chi connectivity index (χ0v) is 34.2. The second kappa shape index (κ2) is 35.8. The minimum Gasteiger partial charge on any atom is -0.477 e. The molecule has 53 heavy (non-hydrogen) atoms. The van der Waals surface area contributed by atoms with Crippen LogP contribution in [0.5, 0.6) is 0 Å². The second-order valence-electron chi connectivity index (χ2n) is 14.5. The van der Waals surface area contributed by atoms with Crippen LogP contribution in [0.15, 0.2) is 72.9 Å². The molecule has 0 saturated heterocycles. The van der Waals surface area contributed by atoms with Gasteiger partial charge in [-0.25, -0.2) is 4.79 Å². The maximum absolute atomic E-state index is 12.7. The summed E-state index contributed by atoms with van der Waals surface area (Å²) >= 11 is 0. The van der Waals surface area contributed by atoms with Crippen molar-refractivity contribution < 1.29 is 38.2 Å². The Morgan fingerprint density at radius 1 is 0.585 bits per heavy atom. The van der Waals surface area contributed by atoms with Crippen molar-refractivity contribution in [2.24, 2.45) is 0 Å². The molecule has 1 N–H and O–H groups in total. The SMILES string of the molecule is CC/C=C/C/C=C/C/C=C/CCCCCCCCCCCCC(=O)OC(COCCC(C(=O)O)[N+](C)(C)C)COC(=O)C/C=C/C/C=C/C/C=C/CC. The van der Waals surface area contributed by atoms with Gasteiger partial charge in [0.15, 0.2) is 12.1 Å². The third kappa shape index (κ3) is 34.3. The average Bonchev–Trinajstić information content (AvgIpc) is 3.11. The molecule has 0 rings (SSSR count). The highest BCUT2D eigenvalue weighted by molar-refractivity contribution is 5.72. The number of nitrogens with zero attached hydrogens (tertiary/aromatic N) is 1. The number of aliphatic carboxylic acids is 1. The quantitative estimate of drug-likeness (QED) is 0.0299. The van der Waals surface area contributed by atoms with Gasteiger partial charge in [-0.15, -0.1) is 0 Å². The van der Waals surface area contributed by atoms with Gasteiger partial charge in [-0.2, -0.15) is 0 Å². The number of carbonyl (C=O) groups is 3. The topological polar surface area (TPSA) is 99.1 Å². The van der Waals surface area contributed by atoms with E-state index >= 15 is 0 Å². The number of ether oxygens (including phenoxy) is 3. The summed E-state index contributed by atoms with van der Waals surface area (Å²) in [7, 11) is 5.49. The maximum atomic E-state index is 12.7. The van der Waals surface area contributed by atoms with Crippen LogP contribution in [0.3, 0.4) is 0 Å². The van der Waals surface area contributed by atoms with Crippen molar-refractivity contribution in [2.75, 3.05) is 41.0 Å². The smallest absolute Gasteiger partial charge is 0.362 e. The molecule has 0 aliphatic carbocycles. The number of carbonyl (C=O) groups excluding carboxylic acids is 2. The average molecular weight is 743 g/mol. The summed E-state index contributed by atoms with van der Waals surface area (Å²) < 4.78 is 17.1. The van der Waals surface area contributed by atoms with Gasteiger partial charge >= 0.3 is 17.9 Å². The van der Waals surface area contributed by atoms with Crippen LogP contribution >= 0.6 is 0 Å². The highest BCUT2D eigenvalue weighted by Gasteiger charge is 2.31. The largest absolute Gasteiger partial charge is 0.477 e. The zero-order chi connectivity index (χ0) is 39.3. The first-order valence-electron chi connectivity index (χ1n) is 20.5. The van der Waals surface area contributed by atoms with Crippen LogP contribution in [0.1, 0.15) is 142 Å². The van der Waals surface area contributed by atoms with Crippen molar-refractivity contribution in [2.45, 2.75) is 154 Å². The molecule has 2 unspecified atom stereocenters. The molecule has 0 aliphatic heterocycles. The Hall–Kier alpha value is -3.23. The second-order valence-corrected chi connectivity index (χ2v) is 14.5. The molecule has 0 aliphatic rings. The Bertz CT molecular complexity index is 1100. The van der Waals surface area contributed by atoms with Gasteiger partial charge in [-0.05, 0) is 57.8 Å². The van der Waals surface area contributed by atoms with Gasteiger partial charge < -0.3 is 23.8 Å². The predicted octanol–water partition coefficient (Wildman–Crippen LogP) is 10.8. The third-order valence-electron chi connectivity index (χ3n) is 8.63. The lowest BCUT2D eigenvalue weighted by Gasteiger charge is -2.31. The van der Waals surface area contributed by atoms with Crippen LogP contribution in [0.25, 0.3) is 0 Å². The molecule has 0 fully saturated rings. The summed E-state index contributed by atoms with van der Waals surface area (Å²) in [6.45, 7) is 4.37. The summed E-state index contributed by atoms with van der Waals surface area (Å²) in [4.78, 5) is 36.7. The summed E-state index contributed by atoms with van der Waals surface area (Å²) in [6.07, 6.45) is 44.2. The van der Waals surface area contributed by atoms with E-state index in [9.17, 15) is 19.5 Å². The van der Waals surface area contributed by atoms with Crippen LogP contribution in [0, 0.1) is 0 Å². The minimum absolute atomic E-state index is 0.0291. The van der Waals surface area contributed by atoms with Crippen molar-refractivity contribution in [3.8, 4) is 0 Å². The Labute approximate surface area is 323 Å². The zero-order valence-electron chi connectivity index (χ0n) is 34.2. The molecule has 0 aromatic heterocycles. The van der Waals surface area contributed by atoms with E-state index < -0.39 is 24.1 Å². The van der Waals surface area contributed by atoms with Crippen LogP contribution in [-0.4, -0.2) is 80.6 Å². The van der Waals surface area contributed by atoms with Crippen LogP contribution in [0.2, 0.25) is 0 Å². The molecule has 0 heterocycles. The monoisotopic (exact) mass is 743 g/mol. The van der Waals surface area contributed by atoms with E-state index in [0.717, 1.165) is 57.8 Å². The number of carboxylic acid groups (broad SMARTS) is 1. The highest BCUT2D eigenvalue weighted by Crippen LogP contribution is 2.14. The summed E-state index contributed by atoms with van der Waals surface area (Å²) in [5, 5.41) is 9.59. The molecule has 302 valence electrons. The number of hydrogen-bond acceptors (Lipinski definition) is 6. The van der Waals surface area contributed by atoms with Gasteiger partial charge in [0, 0.05) is 12.8 Å². The standard InChI is InChI=1S/C45H75NO7/c1-6-8-10-12-14-16-17-18-19-20-21-22-23-24-25-26-28-30-32-34-36-44(48)53-41(39-51-38-37-42(45(49)50)46(3,4)5)40-52-43(47)35-33-31-29-27-15-13-11-9-7-2/h8-11,14-16,18-19,27,31,33,41-42H,6-7,12-13,17,20-26,28-30,32,34-40H2,1-5H3/p+1/b10-8+,11-9+,16-14+,19-18+,27-15+,33-31+. The van der Waals surface area contributed by atoms with Crippen LogP contribution in [0.4, 0.5) is 0 Å². The van der Waals surface area contributed by atoms with E-state index in [1.165, 1.54) is 51.4 Å². The van der Waals surface area contributed by atoms with Crippen molar-refractivity contribution in [3.05, 3.63) is 72.9 Å². The lowest BCUT2D eigenvalue weighted by molar-refractivity contribution is -0.887. The molecular weight excluding hydrogens is 666 g/mol. The molecule has 0 aromatic rings. The number of unbranched alkanes of at least 4 members (excludes halogenated alkanes) is 10. The first-order valence-corrected chi connectivity index (χ1v) is 20.5. The minimum atomic E-state index is -0.889. The third-order valence-corrected chi connectivity index (χ3v) is 8.63. The van der Waals surface area contributed by atoms with E-state index in [1.807, 2.05) is 27.2 Å². The Balaban J connectivity index is 4.36. The number of allylic oxidation sites excluding steroid dienone is 11. The fourth-order valence-electron chi connectivity index (χ4n) is 5.52. The Morgan fingerprint density at radius 3 is 1.57 bits per heavy atom. The normalized spacial score (nSPS) is 13.8. The van der Waals surface area contributed by atoms with Crippen molar-refractivity contribution in [3.63, 3.8) is 0 Å². The highest BCUT2D eigenvalue weighted by atomic mass is 16.6. The van der Waals surface area contributed by atoms with Crippen LogP contribution < -0.4 is 0 Å². The fourth-order valence-corrected chi connectivity index (χ4v) is 5.52. The molecule has 0 saturated carbocycles. The number of quaternary nitrogens is 1. The van der Waals surface area contributed by atoms with Gasteiger partial charge in [0.2, 0.25) is 0 Å². The van der Waals surface area contributed by atoms with Gasteiger partial charge in [0.25, 0.3) is 0 Å². The molecule has 0 spiro atoms. The molecule has 0 radical (unpaired) electrons. The van der Waals surface area contributed by atoms with E-state index in [4.69, 9.17) is 14.2 Å². The summed E-state index contributed by atoms with van der Waals surface area (Å²) in [6, 6.07) is -0.628. The number of rotatable bonds is 35. The van der Waals surface area contributed by atoms with E-state index in [1.54, 1.807) is 6.08 Å². The summed E-state index contributed by atoms with van der Waals surface area (Å²) in [5.41, 5.74) is 0. The number of carboxylic acids is 1. The molecule has 0 amide bonds. The first kappa shape index (κ1) is 49.8. The van der Waals surface area contributed by atoms with E-state index in [-0.39, 0.29) is 36.7 Å². The Morgan fingerprint density at radius 2 is 1.06 bits per heavy atom. The van der Waals surface area contributed by atoms with Gasteiger partial charge in [0.1, 0.15) is 6.61 Å². The molecule has 8 heteroatoms. The lowest BCUT2D eigenvalue weighted by atomic mass is 10.0. The fraction of sp³-hybridized carbons (Fsp3) is 0.667. The molecule has 2 atom stereocenters. The molecule has 8 nitrogen and oxygen atoms in total. The Kier molecular flexibility index (Phi) is 33.6. The van der Waals surface area contributed by atoms with Crippen molar-refractivity contribution >= 4 is 17.9 Å². The van der Waals surface area contributed by atoms with Crippen LogP contribution in [-0.2, 0) is 28.6 Å². The molecular formula is C45H76NO7+.